The van der Waals surface area contributed by atoms with Gasteiger partial charge in [-0.2, -0.15) is 0 Å². The van der Waals surface area contributed by atoms with Gasteiger partial charge in [-0.05, 0) is 12.8 Å². The van der Waals surface area contributed by atoms with Gasteiger partial charge in [-0.1, -0.05) is 13.2 Å². The first-order valence-corrected chi connectivity index (χ1v) is 2.41. The largest absolute Gasteiger partial charge is 0.363 e. The average molecular weight is 95.1 g/mol. The van der Waals surface area contributed by atoms with Crippen molar-refractivity contribution in [3.05, 3.63) is 24.6 Å². The summed E-state index contributed by atoms with van der Waals surface area (Å²) in [6.07, 6.45) is 2.14. The van der Waals surface area contributed by atoms with Gasteiger partial charge in [0.15, 0.2) is 0 Å². The molecule has 0 unspecified atom stereocenters. The summed E-state index contributed by atoms with van der Waals surface area (Å²) < 4.78 is 0. The summed E-state index contributed by atoms with van der Waals surface area (Å²) in [5.74, 6) is 0. The minimum Gasteiger partial charge on any atom is -0.363 e. The molecule has 0 aromatic rings. The predicted molar refractivity (Wildman–Crippen MR) is 30.6 cm³/mol. The molecule has 1 heterocycles. The smallest absolute Gasteiger partial charge is 0.00793 e. The molecule has 1 nitrogen and oxygen atoms in total. The van der Waals surface area contributed by atoms with Crippen molar-refractivity contribution in [2.75, 3.05) is 0 Å². The maximum Gasteiger partial charge on any atom is 0.00793 e. The first-order valence-electron chi connectivity index (χ1n) is 2.41. The van der Waals surface area contributed by atoms with E-state index in [2.05, 4.69) is 18.5 Å². The SMILES string of the molecule is C=C1CCC(=C)N1. The number of rotatable bonds is 0. The van der Waals surface area contributed by atoms with E-state index in [1.165, 1.54) is 0 Å². The van der Waals surface area contributed by atoms with Gasteiger partial charge in [-0.3, -0.25) is 0 Å². The van der Waals surface area contributed by atoms with Crippen molar-refractivity contribution in [1.82, 2.24) is 5.32 Å². The van der Waals surface area contributed by atoms with Crippen LogP contribution in [0, 0.1) is 0 Å². The van der Waals surface area contributed by atoms with E-state index in [0.29, 0.717) is 0 Å². The molecule has 0 amide bonds. The molecule has 0 atom stereocenters. The molecular formula is C6H9N. The number of hydrogen-bond donors (Lipinski definition) is 1. The first kappa shape index (κ1) is 4.44. The molecule has 7 heavy (non-hydrogen) atoms. The van der Waals surface area contributed by atoms with Crippen LogP contribution < -0.4 is 5.32 Å². The molecule has 1 heteroatoms. The van der Waals surface area contributed by atoms with Gasteiger partial charge in [-0.25, -0.2) is 0 Å². The molecule has 0 spiro atoms. The Balaban J connectivity index is 2.55. The summed E-state index contributed by atoms with van der Waals surface area (Å²) in [5, 5.41) is 3.03. The molecule has 1 aliphatic heterocycles. The Morgan fingerprint density at radius 3 is 1.71 bits per heavy atom. The molecular weight excluding hydrogens is 86.1 g/mol. The van der Waals surface area contributed by atoms with Crippen LogP contribution in [-0.4, -0.2) is 0 Å². The average Bonchev–Trinajstić information content (AvgIpc) is 1.87. The van der Waals surface area contributed by atoms with Gasteiger partial charge in [0.1, 0.15) is 0 Å². The van der Waals surface area contributed by atoms with Crippen LogP contribution in [0.2, 0.25) is 0 Å². The lowest BCUT2D eigenvalue weighted by Gasteiger charge is -1.91. The van der Waals surface area contributed by atoms with Crippen LogP contribution in [-0.2, 0) is 0 Å². The molecule has 1 N–H and O–H groups in total. The zero-order valence-electron chi connectivity index (χ0n) is 4.33. The van der Waals surface area contributed by atoms with Gasteiger partial charge in [-0.15, -0.1) is 0 Å². The number of hydrogen-bond acceptors (Lipinski definition) is 1. The maximum atomic E-state index is 3.73. The normalized spacial score (nSPS) is 20.0. The van der Waals surface area contributed by atoms with Crippen LogP contribution in [0.3, 0.4) is 0 Å². The van der Waals surface area contributed by atoms with Crippen molar-refractivity contribution in [3.63, 3.8) is 0 Å². The van der Waals surface area contributed by atoms with Crippen LogP contribution in [0.4, 0.5) is 0 Å². The van der Waals surface area contributed by atoms with Gasteiger partial charge in [0, 0.05) is 11.4 Å². The second-order valence-electron chi connectivity index (χ2n) is 1.83. The second-order valence-corrected chi connectivity index (χ2v) is 1.83. The van der Waals surface area contributed by atoms with E-state index in [9.17, 15) is 0 Å². The molecule has 1 fully saturated rings. The van der Waals surface area contributed by atoms with E-state index >= 15 is 0 Å². The molecule has 0 aliphatic carbocycles. The Labute approximate surface area is 43.7 Å². The van der Waals surface area contributed by atoms with Gasteiger partial charge in [0.05, 0.1) is 0 Å². The van der Waals surface area contributed by atoms with E-state index in [4.69, 9.17) is 0 Å². The third-order valence-electron chi connectivity index (χ3n) is 1.08. The summed E-state index contributed by atoms with van der Waals surface area (Å²) in [5.41, 5.74) is 2.20. The number of nitrogens with one attached hydrogen (secondary N) is 1. The van der Waals surface area contributed by atoms with Crippen LogP contribution in [0.25, 0.3) is 0 Å². The zero-order valence-corrected chi connectivity index (χ0v) is 4.33. The predicted octanol–water partition coefficient (Wildman–Crippen LogP) is 1.40. The third-order valence-corrected chi connectivity index (χ3v) is 1.08. The van der Waals surface area contributed by atoms with Crippen molar-refractivity contribution < 1.29 is 0 Å². The van der Waals surface area contributed by atoms with Crippen molar-refractivity contribution in [2.24, 2.45) is 0 Å². The molecule has 1 saturated heterocycles. The van der Waals surface area contributed by atoms with E-state index in [1.807, 2.05) is 0 Å². The minimum atomic E-state index is 1.07. The number of allylic oxidation sites excluding steroid dienone is 2. The van der Waals surface area contributed by atoms with Crippen molar-refractivity contribution in [2.45, 2.75) is 12.8 Å². The third kappa shape index (κ3) is 0.829. The van der Waals surface area contributed by atoms with Gasteiger partial charge < -0.3 is 5.32 Å². The molecule has 0 radical (unpaired) electrons. The summed E-state index contributed by atoms with van der Waals surface area (Å²) in [7, 11) is 0. The summed E-state index contributed by atoms with van der Waals surface area (Å²) in [6, 6.07) is 0. The molecule has 0 aromatic carbocycles. The standard InChI is InChI=1S/C6H9N/c1-5-3-4-6(2)7-5/h7H,1-4H2. The van der Waals surface area contributed by atoms with Gasteiger partial charge in [0.2, 0.25) is 0 Å². The second kappa shape index (κ2) is 1.41. The first-order chi connectivity index (χ1) is 3.29. The van der Waals surface area contributed by atoms with E-state index in [0.717, 1.165) is 24.2 Å². The van der Waals surface area contributed by atoms with E-state index in [-0.39, 0.29) is 0 Å². The lowest BCUT2D eigenvalue weighted by molar-refractivity contribution is 1.06. The lowest BCUT2D eigenvalue weighted by atomic mass is 10.3. The molecule has 38 valence electrons. The van der Waals surface area contributed by atoms with Crippen molar-refractivity contribution in [1.29, 1.82) is 0 Å². The van der Waals surface area contributed by atoms with Crippen LogP contribution >= 0.6 is 0 Å². The Kier molecular flexibility index (Phi) is 0.895. The van der Waals surface area contributed by atoms with Gasteiger partial charge >= 0.3 is 0 Å². The molecule has 0 bridgehead atoms. The highest BCUT2D eigenvalue weighted by Crippen LogP contribution is 2.13. The zero-order chi connectivity index (χ0) is 5.28. The quantitative estimate of drug-likeness (QED) is 0.479. The van der Waals surface area contributed by atoms with Crippen LogP contribution in [0.5, 0.6) is 0 Å². The van der Waals surface area contributed by atoms with Crippen LogP contribution in [0.1, 0.15) is 12.8 Å². The fourth-order valence-corrected chi connectivity index (χ4v) is 0.677. The Hall–Kier alpha value is -0.720. The molecule has 1 rings (SSSR count). The summed E-state index contributed by atoms with van der Waals surface area (Å²) >= 11 is 0. The van der Waals surface area contributed by atoms with Crippen molar-refractivity contribution in [3.8, 4) is 0 Å². The lowest BCUT2D eigenvalue weighted by Crippen LogP contribution is -1.98. The highest BCUT2D eigenvalue weighted by Gasteiger charge is 2.04. The fourth-order valence-electron chi connectivity index (χ4n) is 0.677. The Bertz CT molecular complexity index is 99.3. The highest BCUT2D eigenvalue weighted by atomic mass is 14.9. The van der Waals surface area contributed by atoms with Gasteiger partial charge in [0.25, 0.3) is 0 Å². The Morgan fingerprint density at radius 2 is 1.57 bits per heavy atom. The minimum absolute atomic E-state index is 1.07. The summed E-state index contributed by atoms with van der Waals surface area (Å²) in [6.45, 7) is 7.47. The topological polar surface area (TPSA) is 12.0 Å². The Morgan fingerprint density at radius 1 is 1.14 bits per heavy atom. The highest BCUT2D eigenvalue weighted by molar-refractivity contribution is 5.12. The van der Waals surface area contributed by atoms with E-state index < -0.39 is 0 Å². The van der Waals surface area contributed by atoms with Crippen LogP contribution in [0.15, 0.2) is 24.6 Å². The summed E-state index contributed by atoms with van der Waals surface area (Å²) in [4.78, 5) is 0. The molecule has 0 aromatic heterocycles. The molecule has 0 saturated carbocycles. The van der Waals surface area contributed by atoms with E-state index in [1.54, 1.807) is 0 Å². The fraction of sp³-hybridized carbons (Fsp3) is 0.333. The molecule has 1 aliphatic rings. The van der Waals surface area contributed by atoms with Crippen molar-refractivity contribution >= 4 is 0 Å². The monoisotopic (exact) mass is 95.1 g/mol. The maximum absolute atomic E-state index is 3.73.